The zero-order valence-electron chi connectivity index (χ0n) is 29.3. The van der Waals surface area contributed by atoms with Crippen LogP contribution in [0.5, 0.6) is 0 Å². The molecule has 0 amide bonds. The van der Waals surface area contributed by atoms with Gasteiger partial charge >= 0.3 is 0 Å². The van der Waals surface area contributed by atoms with Gasteiger partial charge in [-0.15, -0.1) is 0 Å². The predicted octanol–water partition coefficient (Wildman–Crippen LogP) is 7.26. The summed E-state index contributed by atoms with van der Waals surface area (Å²) in [6.07, 6.45) is 4.03. The molecular formula is C38H53N3O3SSi. The number of nitrogens with one attached hydrogen (secondary N) is 1. The first-order valence-corrected chi connectivity index (χ1v) is 19.9. The van der Waals surface area contributed by atoms with Crippen LogP contribution in [0, 0.1) is 0 Å². The van der Waals surface area contributed by atoms with Crippen LogP contribution >= 0.6 is 0 Å². The van der Waals surface area contributed by atoms with Crippen LogP contribution in [0.2, 0.25) is 5.04 Å². The topological polar surface area (TPSA) is 73.2 Å². The first-order chi connectivity index (χ1) is 21.6. The van der Waals surface area contributed by atoms with Gasteiger partial charge in [-0.05, 0) is 49.9 Å². The molecule has 0 aliphatic carbocycles. The maximum absolute atomic E-state index is 14.7. The van der Waals surface area contributed by atoms with Gasteiger partial charge < -0.3 is 8.99 Å². The minimum atomic E-state index is -3.95. The molecule has 0 unspecified atom stereocenters. The minimum absolute atomic E-state index is 0.0316. The highest BCUT2D eigenvalue weighted by Gasteiger charge is 2.50. The largest absolute Gasteiger partial charge is 0.406 e. The van der Waals surface area contributed by atoms with Crippen LogP contribution < -0.4 is 15.1 Å². The van der Waals surface area contributed by atoms with E-state index in [1.165, 1.54) is 0 Å². The molecule has 1 aromatic heterocycles. The standard InChI is InChI=1S/C38H53N3O3SSi/c1-27(2)30-23-34(28(3)4)37(35(24-30)29(5)6)45(42,43)40-31(25-36-39-21-22-41(36)10)26-44-46(38(7,8)9,32-17-13-11-14-18-32)33-19-15-12-16-20-33/h11-24,27-29,31,40H,25-26H2,1-10H3/t31-/m0/s1. The van der Waals surface area contributed by atoms with Crippen LogP contribution in [0.3, 0.4) is 0 Å². The molecule has 1 heterocycles. The van der Waals surface area contributed by atoms with Crippen molar-refractivity contribution in [2.75, 3.05) is 6.61 Å². The molecule has 248 valence electrons. The van der Waals surface area contributed by atoms with E-state index in [2.05, 4.69) is 133 Å². The van der Waals surface area contributed by atoms with Crippen LogP contribution in [0.1, 0.15) is 103 Å². The van der Waals surface area contributed by atoms with Gasteiger partial charge in [0.1, 0.15) is 5.82 Å². The van der Waals surface area contributed by atoms with Gasteiger partial charge in [0.05, 0.1) is 17.5 Å². The quantitative estimate of drug-likeness (QED) is 0.154. The number of hydrogen-bond acceptors (Lipinski definition) is 4. The molecular weight excluding hydrogens is 607 g/mol. The average Bonchev–Trinajstić information content (AvgIpc) is 3.40. The zero-order chi connectivity index (χ0) is 33.9. The Bertz CT molecular complexity index is 1620. The molecule has 0 spiro atoms. The van der Waals surface area contributed by atoms with E-state index in [9.17, 15) is 8.42 Å². The number of hydrogen-bond donors (Lipinski definition) is 1. The summed E-state index contributed by atoms with van der Waals surface area (Å²) in [6.45, 7) is 19.5. The van der Waals surface area contributed by atoms with Crippen LogP contribution in [0.4, 0.5) is 0 Å². The third kappa shape index (κ3) is 7.57. The maximum Gasteiger partial charge on any atom is 0.261 e. The van der Waals surface area contributed by atoms with E-state index in [4.69, 9.17) is 4.43 Å². The Kier molecular flexibility index (Phi) is 11.2. The first kappa shape index (κ1) is 35.8. The number of sulfonamides is 1. The second kappa shape index (κ2) is 14.4. The fourth-order valence-corrected chi connectivity index (χ4v) is 12.9. The smallest absolute Gasteiger partial charge is 0.261 e. The highest BCUT2D eigenvalue weighted by Crippen LogP contribution is 2.38. The van der Waals surface area contributed by atoms with Gasteiger partial charge in [-0.3, -0.25) is 0 Å². The summed E-state index contributed by atoms with van der Waals surface area (Å²) in [5.41, 5.74) is 2.86. The number of aromatic nitrogens is 2. The van der Waals surface area contributed by atoms with E-state index in [0.29, 0.717) is 11.3 Å². The molecule has 0 fully saturated rings. The fraction of sp³-hybridized carbons (Fsp3) is 0.447. The zero-order valence-corrected chi connectivity index (χ0v) is 31.2. The van der Waals surface area contributed by atoms with E-state index >= 15 is 0 Å². The lowest BCUT2D eigenvalue weighted by Gasteiger charge is -2.43. The second-order valence-corrected chi connectivity index (χ2v) is 20.4. The van der Waals surface area contributed by atoms with Crippen LogP contribution in [0.15, 0.2) is 90.1 Å². The number of nitrogens with zero attached hydrogens (tertiary/aromatic N) is 2. The van der Waals surface area contributed by atoms with Crippen molar-refractivity contribution in [1.29, 1.82) is 0 Å². The molecule has 4 rings (SSSR count). The van der Waals surface area contributed by atoms with Crippen molar-refractivity contribution in [2.24, 2.45) is 7.05 Å². The van der Waals surface area contributed by atoms with Crippen molar-refractivity contribution in [3.05, 3.63) is 108 Å². The van der Waals surface area contributed by atoms with Crippen molar-refractivity contribution >= 4 is 28.7 Å². The third-order valence-electron chi connectivity index (χ3n) is 8.94. The normalized spacial score (nSPS) is 13.6. The van der Waals surface area contributed by atoms with E-state index in [1.54, 1.807) is 6.20 Å². The Labute approximate surface area is 278 Å². The lowest BCUT2D eigenvalue weighted by Crippen LogP contribution is -2.67. The number of aryl methyl sites for hydroxylation is 1. The van der Waals surface area contributed by atoms with Crippen molar-refractivity contribution in [1.82, 2.24) is 14.3 Å². The Hall–Kier alpha value is -3.04. The summed E-state index contributed by atoms with van der Waals surface area (Å²) in [6, 6.07) is 24.5. The van der Waals surface area contributed by atoms with Gasteiger partial charge in [0.2, 0.25) is 10.0 Å². The summed E-state index contributed by atoms with van der Waals surface area (Å²) >= 11 is 0. The summed E-state index contributed by atoms with van der Waals surface area (Å²) in [7, 11) is -4.93. The molecule has 6 nitrogen and oxygen atoms in total. The van der Waals surface area contributed by atoms with Crippen molar-refractivity contribution in [2.45, 2.75) is 102 Å². The number of imidazole rings is 1. The lowest BCUT2D eigenvalue weighted by atomic mass is 9.89. The van der Waals surface area contributed by atoms with Crippen LogP contribution in [-0.4, -0.2) is 38.9 Å². The molecule has 0 saturated carbocycles. The Balaban J connectivity index is 1.84. The summed E-state index contributed by atoms with van der Waals surface area (Å²) in [5.74, 6) is 1.14. The first-order valence-electron chi connectivity index (χ1n) is 16.5. The number of rotatable bonds is 13. The van der Waals surface area contributed by atoms with Gasteiger partial charge in [-0.1, -0.05) is 135 Å². The Morgan fingerprint density at radius 2 is 1.33 bits per heavy atom. The average molecular weight is 660 g/mol. The molecule has 46 heavy (non-hydrogen) atoms. The van der Waals surface area contributed by atoms with E-state index in [0.717, 1.165) is 32.9 Å². The fourth-order valence-electron chi connectivity index (χ4n) is 6.41. The van der Waals surface area contributed by atoms with Gasteiger partial charge in [-0.25, -0.2) is 18.1 Å². The van der Waals surface area contributed by atoms with E-state index in [1.807, 2.05) is 29.9 Å². The van der Waals surface area contributed by atoms with Crippen molar-refractivity contribution < 1.29 is 12.8 Å². The highest BCUT2D eigenvalue weighted by atomic mass is 32.2. The Morgan fingerprint density at radius 1 is 0.826 bits per heavy atom. The molecule has 8 heteroatoms. The molecule has 0 aliphatic rings. The number of benzene rings is 3. The van der Waals surface area contributed by atoms with E-state index < -0.39 is 24.4 Å². The van der Waals surface area contributed by atoms with Gasteiger partial charge in [-0.2, -0.15) is 0 Å². The minimum Gasteiger partial charge on any atom is -0.406 e. The molecule has 0 bridgehead atoms. The molecule has 0 saturated heterocycles. The second-order valence-electron chi connectivity index (χ2n) is 14.4. The molecule has 4 aromatic rings. The highest BCUT2D eigenvalue weighted by molar-refractivity contribution is 7.89. The van der Waals surface area contributed by atoms with Gasteiger partial charge in [0, 0.05) is 25.9 Å². The molecule has 1 atom stereocenters. The van der Waals surface area contributed by atoms with Gasteiger partial charge in [0.15, 0.2) is 0 Å². The molecule has 0 aliphatic heterocycles. The summed E-state index contributed by atoms with van der Waals surface area (Å²) in [5, 5.41) is 2.06. The van der Waals surface area contributed by atoms with Crippen LogP contribution in [-0.2, 0) is 27.9 Å². The van der Waals surface area contributed by atoms with Crippen molar-refractivity contribution in [3.63, 3.8) is 0 Å². The molecule has 3 aromatic carbocycles. The maximum atomic E-state index is 14.7. The summed E-state index contributed by atoms with van der Waals surface area (Å²) in [4.78, 5) is 4.97. The van der Waals surface area contributed by atoms with E-state index in [-0.39, 0.29) is 29.4 Å². The van der Waals surface area contributed by atoms with Gasteiger partial charge in [0.25, 0.3) is 8.32 Å². The molecule has 0 radical (unpaired) electrons. The predicted molar refractivity (Wildman–Crippen MR) is 193 cm³/mol. The summed E-state index contributed by atoms with van der Waals surface area (Å²) < 4.78 is 41.7. The Morgan fingerprint density at radius 3 is 1.72 bits per heavy atom. The SMILES string of the molecule is CC(C)c1cc(C(C)C)c(S(=O)(=O)N[C@H](CO[Si](c2ccccc2)(c2ccccc2)C(C)(C)C)Cc2nccn2C)c(C(C)C)c1. The van der Waals surface area contributed by atoms with Crippen LogP contribution in [0.25, 0.3) is 0 Å². The molecule has 1 N–H and O–H groups in total. The lowest BCUT2D eigenvalue weighted by molar-refractivity contribution is 0.260. The van der Waals surface area contributed by atoms with Crippen molar-refractivity contribution in [3.8, 4) is 0 Å². The third-order valence-corrected chi connectivity index (χ3v) is 15.6. The monoisotopic (exact) mass is 659 g/mol.